The molecule has 1 aromatic heterocycles. The number of benzene rings is 2. The summed E-state index contributed by atoms with van der Waals surface area (Å²) in [6.07, 6.45) is 1.82. The van der Waals surface area contributed by atoms with Crippen molar-refractivity contribution in [3.8, 4) is 17.2 Å². The van der Waals surface area contributed by atoms with Gasteiger partial charge in [-0.2, -0.15) is 0 Å². The van der Waals surface area contributed by atoms with Gasteiger partial charge < -0.3 is 14.8 Å². The Morgan fingerprint density at radius 1 is 1.03 bits per heavy atom. The fourth-order valence-electron chi connectivity index (χ4n) is 3.35. The number of amides is 1. The van der Waals surface area contributed by atoms with E-state index in [2.05, 4.69) is 34.7 Å². The molecule has 31 heavy (non-hydrogen) atoms. The lowest BCUT2D eigenvalue weighted by molar-refractivity contribution is -0.121. The molecule has 0 spiro atoms. The molecule has 164 valence electrons. The van der Waals surface area contributed by atoms with Crippen LogP contribution in [0.1, 0.15) is 44.9 Å². The zero-order valence-corrected chi connectivity index (χ0v) is 18.4. The summed E-state index contributed by atoms with van der Waals surface area (Å²) in [7, 11) is 0. The summed E-state index contributed by atoms with van der Waals surface area (Å²) in [5.74, 6) is 1.57. The van der Waals surface area contributed by atoms with E-state index in [1.807, 2.05) is 56.3 Å². The molecule has 3 aromatic rings. The molecule has 0 aliphatic carbocycles. The number of tetrazole rings is 1. The summed E-state index contributed by atoms with van der Waals surface area (Å²) in [5.41, 5.74) is 2.75. The minimum absolute atomic E-state index is 0.0410. The zero-order chi connectivity index (χ0) is 22.2. The number of aromatic nitrogens is 4. The largest absolute Gasteiger partial charge is 0.490 e. The average molecular weight is 424 g/mol. The van der Waals surface area contributed by atoms with E-state index in [4.69, 9.17) is 9.47 Å². The van der Waals surface area contributed by atoms with E-state index in [-0.39, 0.29) is 24.3 Å². The SMILES string of the molecule is CCOc1ccc(C(NC(=O)Cc2ccc(-n3cnnn3)cc2)C(C)C)cc1OCC. The number of ether oxygens (including phenoxy) is 2. The van der Waals surface area contributed by atoms with Crippen LogP contribution in [-0.4, -0.2) is 39.3 Å². The molecular formula is C23H29N5O3. The van der Waals surface area contributed by atoms with Gasteiger partial charge in [0, 0.05) is 0 Å². The fourth-order valence-corrected chi connectivity index (χ4v) is 3.35. The van der Waals surface area contributed by atoms with Crippen LogP contribution in [0.4, 0.5) is 0 Å². The van der Waals surface area contributed by atoms with Gasteiger partial charge in [0.15, 0.2) is 11.5 Å². The molecular weight excluding hydrogens is 394 g/mol. The van der Waals surface area contributed by atoms with Gasteiger partial charge in [-0.3, -0.25) is 4.79 Å². The van der Waals surface area contributed by atoms with Crippen LogP contribution in [-0.2, 0) is 11.2 Å². The maximum atomic E-state index is 12.8. The van der Waals surface area contributed by atoms with Gasteiger partial charge >= 0.3 is 0 Å². The molecule has 1 heterocycles. The molecule has 8 heteroatoms. The van der Waals surface area contributed by atoms with Crippen molar-refractivity contribution in [2.75, 3.05) is 13.2 Å². The van der Waals surface area contributed by atoms with Gasteiger partial charge in [0.1, 0.15) is 6.33 Å². The smallest absolute Gasteiger partial charge is 0.224 e. The predicted octanol–water partition coefficient (Wildman–Crippen LogP) is 3.52. The van der Waals surface area contributed by atoms with Crippen molar-refractivity contribution in [1.82, 2.24) is 25.5 Å². The van der Waals surface area contributed by atoms with Crippen LogP contribution in [0.3, 0.4) is 0 Å². The van der Waals surface area contributed by atoms with Crippen LogP contribution in [0.5, 0.6) is 11.5 Å². The van der Waals surface area contributed by atoms with Gasteiger partial charge in [0.25, 0.3) is 0 Å². The van der Waals surface area contributed by atoms with Crippen LogP contribution < -0.4 is 14.8 Å². The first-order valence-corrected chi connectivity index (χ1v) is 10.5. The van der Waals surface area contributed by atoms with E-state index in [1.54, 1.807) is 4.68 Å². The van der Waals surface area contributed by atoms with E-state index < -0.39 is 0 Å². The number of nitrogens with zero attached hydrogens (tertiary/aromatic N) is 4. The molecule has 0 radical (unpaired) electrons. The van der Waals surface area contributed by atoms with E-state index in [0.717, 1.165) is 16.8 Å². The first-order valence-electron chi connectivity index (χ1n) is 10.5. The molecule has 1 amide bonds. The van der Waals surface area contributed by atoms with Gasteiger partial charge in [-0.1, -0.05) is 32.0 Å². The number of nitrogens with one attached hydrogen (secondary N) is 1. The number of carbonyl (C=O) groups is 1. The van der Waals surface area contributed by atoms with Crippen LogP contribution >= 0.6 is 0 Å². The minimum Gasteiger partial charge on any atom is -0.490 e. The topological polar surface area (TPSA) is 91.2 Å². The minimum atomic E-state index is -0.136. The number of hydrogen-bond donors (Lipinski definition) is 1. The third-order valence-corrected chi connectivity index (χ3v) is 4.82. The molecule has 0 fully saturated rings. The molecule has 0 aliphatic heterocycles. The monoisotopic (exact) mass is 423 g/mol. The average Bonchev–Trinajstić information content (AvgIpc) is 3.29. The second-order valence-electron chi connectivity index (χ2n) is 7.46. The predicted molar refractivity (Wildman–Crippen MR) is 117 cm³/mol. The van der Waals surface area contributed by atoms with Crippen LogP contribution in [0.25, 0.3) is 5.69 Å². The molecule has 3 rings (SSSR count). The highest BCUT2D eigenvalue weighted by molar-refractivity contribution is 5.79. The van der Waals surface area contributed by atoms with E-state index in [1.165, 1.54) is 6.33 Å². The van der Waals surface area contributed by atoms with Crippen molar-refractivity contribution in [3.05, 3.63) is 59.9 Å². The van der Waals surface area contributed by atoms with Crippen LogP contribution in [0, 0.1) is 5.92 Å². The highest BCUT2D eigenvalue weighted by atomic mass is 16.5. The quantitative estimate of drug-likeness (QED) is 0.537. The van der Waals surface area contributed by atoms with Crippen molar-refractivity contribution in [2.45, 2.75) is 40.2 Å². The third kappa shape index (κ3) is 5.81. The van der Waals surface area contributed by atoms with Gasteiger partial charge in [0.2, 0.25) is 5.91 Å². The van der Waals surface area contributed by atoms with Crippen molar-refractivity contribution in [1.29, 1.82) is 0 Å². The maximum Gasteiger partial charge on any atom is 0.224 e. The number of hydrogen-bond acceptors (Lipinski definition) is 6. The number of rotatable bonds is 10. The molecule has 0 saturated carbocycles. The molecule has 1 unspecified atom stereocenters. The second-order valence-corrected chi connectivity index (χ2v) is 7.46. The Kier molecular flexibility index (Phi) is 7.59. The zero-order valence-electron chi connectivity index (χ0n) is 18.4. The van der Waals surface area contributed by atoms with E-state index >= 15 is 0 Å². The highest BCUT2D eigenvalue weighted by Gasteiger charge is 2.20. The van der Waals surface area contributed by atoms with E-state index in [9.17, 15) is 4.79 Å². The lowest BCUT2D eigenvalue weighted by atomic mass is 9.95. The molecule has 0 bridgehead atoms. The summed E-state index contributed by atoms with van der Waals surface area (Å²) in [6, 6.07) is 13.3. The Bertz CT molecular complexity index is 971. The van der Waals surface area contributed by atoms with Crippen LogP contribution in [0.2, 0.25) is 0 Å². The summed E-state index contributed by atoms with van der Waals surface area (Å²) in [6.45, 7) is 9.16. The Hall–Kier alpha value is -3.42. The van der Waals surface area contributed by atoms with Gasteiger partial charge in [-0.05, 0) is 65.6 Å². The maximum absolute atomic E-state index is 12.8. The van der Waals surface area contributed by atoms with Gasteiger partial charge in [0.05, 0.1) is 31.4 Å². The van der Waals surface area contributed by atoms with Crippen molar-refractivity contribution in [3.63, 3.8) is 0 Å². The third-order valence-electron chi connectivity index (χ3n) is 4.82. The standard InChI is InChI=1S/C23H29N5O3/c1-5-30-20-12-9-18(14-21(20)31-6-2)23(16(3)4)25-22(29)13-17-7-10-19(11-8-17)28-15-24-26-27-28/h7-12,14-16,23H,5-6,13H2,1-4H3,(H,25,29). The molecule has 1 N–H and O–H groups in total. The molecule has 1 atom stereocenters. The summed E-state index contributed by atoms with van der Waals surface area (Å²) >= 11 is 0. The Morgan fingerprint density at radius 3 is 2.35 bits per heavy atom. The highest BCUT2D eigenvalue weighted by Crippen LogP contribution is 2.33. The molecule has 8 nitrogen and oxygen atoms in total. The molecule has 0 aliphatic rings. The van der Waals surface area contributed by atoms with Crippen molar-refractivity contribution >= 4 is 5.91 Å². The Balaban J connectivity index is 1.71. The molecule has 0 saturated heterocycles. The summed E-state index contributed by atoms with van der Waals surface area (Å²) in [4.78, 5) is 12.8. The fraction of sp³-hybridized carbons (Fsp3) is 0.391. The Morgan fingerprint density at radius 2 is 1.74 bits per heavy atom. The lowest BCUT2D eigenvalue weighted by Gasteiger charge is -2.24. The summed E-state index contributed by atoms with van der Waals surface area (Å²) in [5, 5.41) is 14.3. The van der Waals surface area contributed by atoms with Crippen molar-refractivity contribution in [2.24, 2.45) is 5.92 Å². The normalized spacial score (nSPS) is 11.9. The first kappa shape index (κ1) is 22.3. The van der Waals surface area contributed by atoms with Crippen LogP contribution in [0.15, 0.2) is 48.8 Å². The number of carbonyl (C=O) groups excluding carboxylic acids is 1. The van der Waals surface area contributed by atoms with E-state index in [0.29, 0.717) is 24.7 Å². The second kappa shape index (κ2) is 10.6. The summed E-state index contributed by atoms with van der Waals surface area (Å²) < 4.78 is 13.0. The van der Waals surface area contributed by atoms with Crippen molar-refractivity contribution < 1.29 is 14.3 Å². The van der Waals surface area contributed by atoms with Gasteiger partial charge in [-0.25, -0.2) is 4.68 Å². The van der Waals surface area contributed by atoms with Gasteiger partial charge in [-0.15, -0.1) is 5.10 Å². The first-order chi connectivity index (χ1) is 15.0. The lowest BCUT2D eigenvalue weighted by Crippen LogP contribution is -2.32. The Labute approximate surface area is 182 Å². The molecule has 2 aromatic carbocycles.